The van der Waals surface area contributed by atoms with E-state index in [1.807, 2.05) is 0 Å². The van der Waals surface area contributed by atoms with Gasteiger partial charge in [0.15, 0.2) is 11.5 Å². The molecule has 0 amide bonds. The Kier molecular flexibility index (Phi) is 3.20. The zero-order chi connectivity index (χ0) is 12.4. The van der Waals surface area contributed by atoms with E-state index in [4.69, 9.17) is 16.3 Å². The first kappa shape index (κ1) is 11.7. The van der Waals surface area contributed by atoms with Crippen molar-refractivity contribution in [2.45, 2.75) is 0 Å². The van der Waals surface area contributed by atoms with E-state index in [0.717, 1.165) is 0 Å². The zero-order valence-corrected chi connectivity index (χ0v) is 9.83. The molecule has 2 rings (SSSR count). The average Bonchev–Trinajstić information content (AvgIpc) is 2.33. The minimum atomic E-state index is -0.411. The lowest BCUT2D eigenvalue weighted by Gasteiger charge is -2.10. The largest absolute Gasteiger partial charge is 0.504 e. The SMILES string of the molecule is COc1cccc(-c2cc(F)ccc2Cl)c1O. The smallest absolute Gasteiger partial charge is 0.165 e. The van der Waals surface area contributed by atoms with Gasteiger partial charge in [-0.1, -0.05) is 23.7 Å². The van der Waals surface area contributed by atoms with Crippen molar-refractivity contribution < 1.29 is 14.2 Å². The third-order valence-corrected chi connectivity index (χ3v) is 2.77. The molecule has 0 saturated carbocycles. The highest BCUT2D eigenvalue weighted by Crippen LogP contribution is 2.39. The molecule has 88 valence electrons. The number of para-hydroxylation sites is 1. The number of benzene rings is 2. The lowest BCUT2D eigenvalue weighted by Crippen LogP contribution is -1.87. The molecule has 0 bridgehead atoms. The van der Waals surface area contributed by atoms with Crippen LogP contribution in [0.3, 0.4) is 0 Å². The Morgan fingerprint density at radius 1 is 1.18 bits per heavy atom. The third kappa shape index (κ3) is 2.19. The molecule has 2 nitrogen and oxygen atoms in total. The number of halogens is 2. The van der Waals surface area contributed by atoms with Crippen molar-refractivity contribution in [3.8, 4) is 22.6 Å². The van der Waals surface area contributed by atoms with Crippen molar-refractivity contribution >= 4 is 11.6 Å². The molecule has 0 unspecified atom stereocenters. The maximum atomic E-state index is 13.2. The monoisotopic (exact) mass is 252 g/mol. The summed E-state index contributed by atoms with van der Waals surface area (Å²) in [5.74, 6) is -0.142. The molecule has 1 N–H and O–H groups in total. The van der Waals surface area contributed by atoms with Crippen molar-refractivity contribution in [3.63, 3.8) is 0 Å². The summed E-state index contributed by atoms with van der Waals surface area (Å²) in [6, 6.07) is 8.96. The second-order valence-electron chi connectivity index (χ2n) is 3.48. The van der Waals surface area contributed by atoms with Crippen molar-refractivity contribution in [3.05, 3.63) is 47.2 Å². The fourth-order valence-electron chi connectivity index (χ4n) is 1.61. The van der Waals surface area contributed by atoms with Gasteiger partial charge in [-0.05, 0) is 24.3 Å². The predicted octanol–water partition coefficient (Wildman–Crippen LogP) is 3.86. The van der Waals surface area contributed by atoms with Crippen LogP contribution in [0.1, 0.15) is 0 Å². The Labute approximate surface area is 103 Å². The molecule has 0 spiro atoms. The van der Waals surface area contributed by atoms with Gasteiger partial charge in [0.25, 0.3) is 0 Å². The minimum absolute atomic E-state index is 0.0532. The van der Waals surface area contributed by atoms with Gasteiger partial charge in [-0.3, -0.25) is 0 Å². The zero-order valence-electron chi connectivity index (χ0n) is 9.08. The van der Waals surface area contributed by atoms with Crippen molar-refractivity contribution in [1.82, 2.24) is 0 Å². The highest BCUT2D eigenvalue weighted by molar-refractivity contribution is 6.33. The summed E-state index contributed by atoms with van der Waals surface area (Å²) >= 11 is 5.98. The molecular formula is C13H10ClFO2. The third-order valence-electron chi connectivity index (χ3n) is 2.44. The molecule has 0 atom stereocenters. The molecule has 17 heavy (non-hydrogen) atoms. The Hall–Kier alpha value is -1.74. The Balaban J connectivity index is 2.64. The fraction of sp³-hybridized carbons (Fsp3) is 0.0769. The van der Waals surface area contributed by atoms with E-state index in [2.05, 4.69) is 0 Å². The van der Waals surface area contributed by atoms with Crippen LogP contribution in [0.15, 0.2) is 36.4 Å². The average molecular weight is 253 g/mol. The van der Waals surface area contributed by atoms with E-state index >= 15 is 0 Å². The molecule has 2 aromatic rings. The first-order valence-electron chi connectivity index (χ1n) is 4.95. The number of rotatable bonds is 2. The van der Waals surface area contributed by atoms with Gasteiger partial charge in [0.1, 0.15) is 5.82 Å². The van der Waals surface area contributed by atoms with Crippen LogP contribution < -0.4 is 4.74 Å². The molecule has 0 radical (unpaired) electrons. The van der Waals surface area contributed by atoms with Gasteiger partial charge in [-0.25, -0.2) is 4.39 Å². The van der Waals surface area contributed by atoms with E-state index < -0.39 is 5.82 Å². The summed E-state index contributed by atoms with van der Waals surface area (Å²) in [6.45, 7) is 0. The molecule has 0 aliphatic heterocycles. The van der Waals surface area contributed by atoms with E-state index in [1.165, 1.54) is 25.3 Å². The van der Waals surface area contributed by atoms with Gasteiger partial charge >= 0.3 is 0 Å². The van der Waals surface area contributed by atoms with E-state index in [0.29, 0.717) is 21.9 Å². The molecule has 0 fully saturated rings. The normalized spacial score (nSPS) is 10.3. The molecule has 2 aromatic carbocycles. The molecule has 0 aliphatic carbocycles. The Bertz CT molecular complexity index is 555. The maximum absolute atomic E-state index is 13.2. The number of phenolic OH excluding ortho intramolecular Hbond substituents is 1. The number of hydrogen-bond donors (Lipinski definition) is 1. The minimum Gasteiger partial charge on any atom is -0.504 e. The number of aromatic hydroxyl groups is 1. The number of methoxy groups -OCH3 is 1. The van der Waals surface area contributed by atoms with Gasteiger partial charge in [0.2, 0.25) is 0 Å². The standard InChI is InChI=1S/C13H10ClFO2/c1-17-12-4-2-3-9(13(12)16)10-7-8(15)5-6-11(10)14/h2-7,16H,1H3. The van der Waals surface area contributed by atoms with E-state index in [9.17, 15) is 9.50 Å². The van der Waals surface area contributed by atoms with Crippen LogP contribution in [0.2, 0.25) is 5.02 Å². The van der Waals surface area contributed by atoms with E-state index in [1.54, 1.807) is 18.2 Å². The lowest BCUT2D eigenvalue weighted by molar-refractivity contribution is 0.374. The first-order chi connectivity index (χ1) is 8.13. The van der Waals surface area contributed by atoms with Gasteiger partial charge in [-0.2, -0.15) is 0 Å². The maximum Gasteiger partial charge on any atom is 0.165 e. The first-order valence-corrected chi connectivity index (χ1v) is 5.32. The Morgan fingerprint density at radius 2 is 1.94 bits per heavy atom. The lowest BCUT2D eigenvalue weighted by atomic mass is 10.0. The fourth-order valence-corrected chi connectivity index (χ4v) is 1.83. The number of hydrogen-bond acceptors (Lipinski definition) is 2. The van der Waals surface area contributed by atoms with Gasteiger partial charge in [-0.15, -0.1) is 0 Å². The molecule has 0 saturated heterocycles. The second-order valence-corrected chi connectivity index (χ2v) is 3.89. The Morgan fingerprint density at radius 3 is 2.65 bits per heavy atom. The van der Waals surface area contributed by atoms with Crippen molar-refractivity contribution in [2.24, 2.45) is 0 Å². The quantitative estimate of drug-likeness (QED) is 0.879. The van der Waals surface area contributed by atoms with Crippen LogP contribution >= 0.6 is 11.6 Å². The highest BCUT2D eigenvalue weighted by Gasteiger charge is 2.12. The summed E-state index contributed by atoms with van der Waals surface area (Å²) in [5.41, 5.74) is 0.872. The van der Waals surface area contributed by atoms with E-state index in [-0.39, 0.29) is 5.75 Å². The predicted molar refractivity (Wildman–Crippen MR) is 65.1 cm³/mol. The van der Waals surface area contributed by atoms with Crippen LogP contribution in [-0.2, 0) is 0 Å². The second kappa shape index (κ2) is 4.63. The van der Waals surface area contributed by atoms with Gasteiger partial charge in [0.05, 0.1) is 7.11 Å². The summed E-state index contributed by atoms with van der Waals surface area (Å²) in [4.78, 5) is 0. The summed E-state index contributed by atoms with van der Waals surface area (Å²) in [5, 5.41) is 10.3. The molecule has 0 heterocycles. The number of ether oxygens (including phenoxy) is 1. The van der Waals surface area contributed by atoms with Crippen LogP contribution in [0.4, 0.5) is 4.39 Å². The number of phenols is 1. The van der Waals surface area contributed by atoms with Crippen molar-refractivity contribution in [2.75, 3.05) is 7.11 Å². The van der Waals surface area contributed by atoms with Crippen LogP contribution in [0.5, 0.6) is 11.5 Å². The molecular weight excluding hydrogens is 243 g/mol. The summed E-state index contributed by atoms with van der Waals surface area (Å²) in [6.07, 6.45) is 0. The molecule has 0 aliphatic rings. The molecule has 0 aromatic heterocycles. The van der Waals surface area contributed by atoms with Gasteiger partial charge < -0.3 is 9.84 Å². The van der Waals surface area contributed by atoms with Gasteiger partial charge in [0, 0.05) is 16.1 Å². The summed E-state index contributed by atoms with van der Waals surface area (Å²) < 4.78 is 18.2. The summed E-state index contributed by atoms with van der Waals surface area (Å²) in [7, 11) is 1.45. The van der Waals surface area contributed by atoms with Crippen LogP contribution in [0, 0.1) is 5.82 Å². The van der Waals surface area contributed by atoms with Crippen LogP contribution in [0.25, 0.3) is 11.1 Å². The van der Waals surface area contributed by atoms with Crippen molar-refractivity contribution in [1.29, 1.82) is 0 Å². The topological polar surface area (TPSA) is 29.5 Å². The highest BCUT2D eigenvalue weighted by atomic mass is 35.5. The van der Waals surface area contributed by atoms with Crippen LogP contribution in [-0.4, -0.2) is 12.2 Å². The molecule has 4 heteroatoms.